The average molecular weight is 593 g/mol. The normalized spacial score (nSPS) is 15.8. The van der Waals surface area contributed by atoms with Gasteiger partial charge < -0.3 is 25.0 Å². The summed E-state index contributed by atoms with van der Waals surface area (Å²) < 4.78 is 16.1. The Morgan fingerprint density at radius 2 is 1.98 bits per heavy atom. The zero-order valence-corrected chi connectivity index (χ0v) is 25.3. The third-order valence-corrected chi connectivity index (χ3v) is 8.73. The van der Waals surface area contributed by atoms with Gasteiger partial charge in [0, 0.05) is 62.7 Å². The summed E-state index contributed by atoms with van der Waals surface area (Å²) in [6, 6.07) is 9.69. The summed E-state index contributed by atoms with van der Waals surface area (Å²) in [6.45, 7) is 2.55. The maximum absolute atomic E-state index is 13.8. The molecular formula is C28H36N10O3S. The van der Waals surface area contributed by atoms with Gasteiger partial charge in [-0.3, -0.25) is 14.2 Å². The second kappa shape index (κ2) is 12.6. The Bertz CT molecular complexity index is 1630. The lowest BCUT2D eigenvalue weighted by Crippen LogP contribution is -2.33. The molecule has 1 aliphatic heterocycles. The van der Waals surface area contributed by atoms with Gasteiger partial charge in [0.1, 0.15) is 17.0 Å². The van der Waals surface area contributed by atoms with Crippen molar-refractivity contribution in [2.24, 2.45) is 7.05 Å². The SMILES string of the molecule is CN(C)CC[S+]([O-])c1c(Cn2c(=O)c(C(=O)N(C)C)cc3cnc(Nc4ccc(C5CCNC5)cc4)nc32)nnn1C. The Morgan fingerprint density at radius 3 is 2.64 bits per heavy atom. The molecule has 1 aliphatic rings. The van der Waals surface area contributed by atoms with Crippen molar-refractivity contribution in [1.29, 1.82) is 0 Å². The molecule has 5 rings (SSSR count). The van der Waals surface area contributed by atoms with Gasteiger partial charge in [-0.1, -0.05) is 17.3 Å². The monoisotopic (exact) mass is 592 g/mol. The molecule has 0 aliphatic carbocycles. The fourth-order valence-corrected chi connectivity index (χ4v) is 6.37. The van der Waals surface area contributed by atoms with Crippen molar-refractivity contribution in [3.8, 4) is 0 Å². The van der Waals surface area contributed by atoms with E-state index in [-0.39, 0.29) is 12.1 Å². The number of nitrogens with one attached hydrogen (secondary N) is 2. The molecule has 0 spiro atoms. The predicted octanol–water partition coefficient (Wildman–Crippen LogP) is 1.16. The van der Waals surface area contributed by atoms with E-state index in [1.807, 2.05) is 31.1 Å². The van der Waals surface area contributed by atoms with E-state index in [4.69, 9.17) is 0 Å². The molecule has 0 bridgehead atoms. The molecule has 13 nitrogen and oxygen atoms in total. The number of anilines is 2. The fraction of sp³-hybridized carbons (Fsp3) is 0.429. The number of rotatable bonds is 10. The van der Waals surface area contributed by atoms with Crippen molar-refractivity contribution in [3.05, 3.63) is 63.7 Å². The molecule has 1 amide bonds. The Balaban J connectivity index is 1.53. The van der Waals surface area contributed by atoms with Crippen LogP contribution in [0.15, 0.2) is 46.3 Å². The molecule has 1 aromatic carbocycles. The summed E-state index contributed by atoms with van der Waals surface area (Å²) in [5.41, 5.74) is 2.23. The number of hydrogen-bond donors (Lipinski definition) is 2. The van der Waals surface area contributed by atoms with E-state index in [1.54, 1.807) is 27.3 Å². The van der Waals surface area contributed by atoms with Crippen molar-refractivity contribution in [1.82, 2.24) is 44.6 Å². The van der Waals surface area contributed by atoms with Crippen LogP contribution in [0.4, 0.5) is 11.6 Å². The molecule has 14 heteroatoms. The van der Waals surface area contributed by atoms with Gasteiger partial charge >= 0.3 is 0 Å². The van der Waals surface area contributed by atoms with Crippen molar-refractivity contribution in [2.75, 3.05) is 58.9 Å². The molecule has 3 aromatic heterocycles. The first-order valence-corrected chi connectivity index (χ1v) is 15.1. The molecule has 222 valence electrons. The number of fused-ring (bicyclic) bond motifs is 1. The highest BCUT2D eigenvalue weighted by atomic mass is 32.2. The van der Waals surface area contributed by atoms with Crippen LogP contribution in [0.3, 0.4) is 0 Å². The van der Waals surface area contributed by atoms with Gasteiger partial charge in [-0.15, -0.1) is 5.10 Å². The zero-order chi connectivity index (χ0) is 30.0. The van der Waals surface area contributed by atoms with E-state index >= 15 is 0 Å². The van der Waals surface area contributed by atoms with Gasteiger partial charge in [0.05, 0.1) is 6.54 Å². The van der Waals surface area contributed by atoms with Crippen LogP contribution in [0.25, 0.3) is 11.0 Å². The van der Waals surface area contributed by atoms with Crippen LogP contribution < -0.4 is 16.2 Å². The molecule has 0 radical (unpaired) electrons. The summed E-state index contributed by atoms with van der Waals surface area (Å²) in [5.74, 6) is 0.742. The molecule has 2 N–H and O–H groups in total. The van der Waals surface area contributed by atoms with Crippen molar-refractivity contribution >= 4 is 39.8 Å². The van der Waals surface area contributed by atoms with Crippen molar-refractivity contribution in [2.45, 2.75) is 23.9 Å². The summed E-state index contributed by atoms with van der Waals surface area (Å²) in [4.78, 5) is 39.1. The number of carbonyl (C=O) groups is 1. The first-order chi connectivity index (χ1) is 20.1. The van der Waals surface area contributed by atoms with Gasteiger partial charge in [0.25, 0.3) is 16.5 Å². The Labute approximate surface area is 247 Å². The van der Waals surface area contributed by atoms with Gasteiger partial charge in [-0.2, -0.15) is 4.98 Å². The van der Waals surface area contributed by atoms with Gasteiger partial charge in [0.2, 0.25) is 5.95 Å². The maximum atomic E-state index is 13.8. The average Bonchev–Trinajstić information content (AvgIpc) is 3.63. The Morgan fingerprint density at radius 1 is 1.21 bits per heavy atom. The topological polar surface area (TPSA) is 149 Å². The highest BCUT2D eigenvalue weighted by molar-refractivity contribution is 7.91. The van der Waals surface area contributed by atoms with E-state index in [2.05, 4.69) is 43.0 Å². The van der Waals surface area contributed by atoms with Crippen LogP contribution in [-0.4, -0.2) is 103 Å². The molecule has 4 aromatic rings. The first kappa shape index (κ1) is 29.6. The zero-order valence-electron chi connectivity index (χ0n) is 24.5. The highest BCUT2D eigenvalue weighted by Gasteiger charge is 2.26. The second-order valence-electron chi connectivity index (χ2n) is 10.9. The summed E-state index contributed by atoms with van der Waals surface area (Å²) in [6.07, 6.45) is 2.70. The standard InChI is InChI=1S/C28H36N10O3S/c1-35(2)12-13-42(41)27-23(33-34-37(27)5)17-38-24-20(14-22(26(38)40)25(39)36(3)4)16-30-28(32-24)31-21-8-6-18(7-9-21)19-10-11-29-15-19/h6-9,14,16,19,29H,10-13,15,17H2,1-5H3,(H,30,31,32). The lowest BCUT2D eigenvalue weighted by molar-refractivity contribution is 0.0825. The molecule has 1 fully saturated rings. The molecule has 0 saturated carbocycles. The van der Waals surface area contributed by atoms with Crippen molar-refractivity contribution < 1.29 is 9.35 Å². The van der Waals surface area contributed by atoms with Crippen LogP contribution in [0.1, 0.15) is 34.0 Å². The number of pyridine rings is 1. The van der Waals surface area contributed by atoms with E-state index < -0.39 is 22.6 Å². The number of nitrogens with zero attached hydrogens (tertiary/aromatic N) is 8. The van der Waals surface area contributed by atoms with Crippen LogP contribution in [-0.2, 0) is 24.8 Å². The van der Waals surface area contributed by atoms with Crippen LogP contribution in [0, 0.1) is 0 Å². The summed E-state index contributed by atoms with van der Waals surface area (Å²) in [5, 5.41) is 15.9. The Kier molecular flexibility index (Phi) is 8.87. The first-order valence-electron chi connectivity index (χ1n) is 13.7. The predicted molar refractivity (Wildman–Crippen MR) is 162 cm³/mol. The fourth-order valence-electron chi connectivity index (χ4n) is 4.95. The quantitative estimate of drug-likeness (QED) is 0.257. The summed E-state index contributed by atoms with van der Waals surface area (Å²) in [7, 11) is 8.66. The van der Waals surface area contributed by atoms with E-state index in [1.165, 1.54) is 25.8 Å². The maximum Gasteiger partial charge on any atom is 0.268 e. The molecule has 42 heavy (non-hydrogen) atoms. The minimum absolute atomic E-state index is 0.0204. The minimum Gasteiger partial charge on any atom is -0.610 e. The second-order valence-corrected chi connectivity index (χ2v) is 12.4. The third kappa shape index (κ3) is 6.31. The number of aryl methyl sites for hydroxylation is 1. The third-order valence-electron chi connectivity index (χ3n) is 7.25. The Hall–Kier alpha value is -3.85. The molecule has 2 unspecified atom stereocenters. The van der Waals surface area contributed by atoms with Gasteiger partial charge in [0.15, 0.2) is 5.69 Å². The summed E-state index contributed by atoms with van der Waals surface area (Å²) >= 11 is -1.41. The molecular weight excluding hydrogens is 556 g/mol. The number of carbonyl (C=O) groups excluding carboxylic acids is 1. The van der Waals surface area contributed by atoms with Crippen molar-refractivity contribution in [3.63, 3.8) is 0 Å². The lowest BCUT2D eigenvalue weighted by atomic mass is 9.98. The largest absolute Gasteiger partial charge is 0.610 e. The smallest absolute Gasteiger partial charge is 0.268 e. The minimum atomic E-state index is -1.41. The van der Waals surface area contributed by atoms with Crippen LogP contribution >= 0.6 is 0 Å². The number of benzene rings is 1. The molecule has 2 atom stereocenters. The van der Waals surface area contributed by atoms with E-state index in [0.717, 1.165) is 25.2 Å². The molecule has 4 heterocycles. The lowest BCUT2D eigenvalue weighted by Gasteiger charge is -2.16. The number of aromatic nitrogens is 6. The van der Waals surface area contributed by atoms with Gasteiger partial charge in [-0.25, -0.2) is 9.67 Å². The van der Waals surface area contributed by atoms with E-state index in [9.17, 15) is 14.1 Å². The highest BCUT2D eigenvalue weighted by Crippen LogP contribution is 2.25. The van der Waals surface area contributed by atoms with Crippen LogP contribution in [0.2, 0.25) is 0 Å². The van der Waals surface area contributed by atoms with E-state index in [0.29, 0.717) is 45.9 Å². The van der Waals surface area contributed by atoms with Crippen LogP contribution in [0.5, 0.6) is 0 Å². The number of amides is 1. The number of hydrogen-bond acceptors (Lipinski definition) is 10. The van der Waals surface area contributed by atoms with Gasteiger partial charge in [-0.05, 0) is 56.7 Å². The molecule has 1 saturated heterocycles.